The highest BCUT2D eigenvalue weighted by Crippen LogP contribution is 2.32. The van der Waals surface area contributed by atoms with Crippen LogP contribution >= 0.6 is 0 Å². The lowest BCUT2D eigenvalue weighted by molar-refractivity contribution is -0.118. The molecule has 0 aliphatic carbocycles. The molecule has 150 valence electrons. The van der Waals surface area contributed by atoms with Gasteiger partial charge in [0.1, 0.15) is 5.75 Å². The van der Waals surface area contributed by atoms with E-state index >= 15 is 0 Å². The molecule has 2 aromatic rings. The summed E-state index contributed by atoms with van der Waals surface area (Å²) in [7, 11) is 0. The zero-order valence-corrected chi connectivity index (χ0v) is 17.3. The van der Waals surface area contributed by atoms with Crippen LogP contribution in [0.4, 0.5) is 5.69 Å². The largest absolute Gasteiger partial charge is 0.483 e. The molecule has 0 fully saturated rings. The number of carbonyl (C=O) groups is 2. The van der Waals surface area contributed by atoms with Crippen LogP contribution in [0.25, 0.3) is 0 Å². The van der Waals surface area contributed by atoms with E-state index in [0.717, 1.165) is 17.5 Å². The van der Waals surface area contributed by atoms with Crippen molar-refractivity contribution in [1.82, 2.24) is 0 Å². The minimum absolute atomic E-state index is 0.0923. The zero-order valence-electron chi connectivity index (χ0n) is 17.3. The number of rotatable bonds is 7. The lowest BCUT2D eigenvalue weighted by Gasteiger charge is -2.23. The molecule has 0 unspecified atom stereocenters. The Morgan fingerprint density at radius 1 is 1.07 bits per heavy atom. The molecule has 0 aliphatic heterocycles. The predicted molar refractivity (Wildman–Crippen MR) is 111 cm³/mol. The van der Waals surface area contributed by atoms with Gasteiger partial charge in [-0.05, 0) is 48.6 Å². The van der Waals surface area contributed by atoms with Crippen molar-refractivity contribution < 1.29 is 19.1 Å². The first-order valence-corrected chi connectivity index (χ1v) is 9.51. The standard InChI is InChI=1S/C23H29NO4/c1-6-12-27-22(26)17-8-7-9-18(14-17)24-21(25)15-28-20-11-10-16(2)13-19(20)23(3,4)5/h7-11,13-14H,6,12,15H2,1-5H3,(H,24,25). The first-order valence-electron chi connectivity index (χ1n) is 9.51. The maximum atomic E-state index is 12.3. The Kier molecular flexibility index (Phi) is 7.21. The molecule has 2 aromatic carbocycles. The van der Waals surface area contributed by atoms with E-state index in [4.69, 9.17) is 9.47 Å². The van der Waals surface area contributed by atoms with Crippen molar-refractivity contribution in [2.24, 2.45) is 0 Å². The minimum Gasteiger partial charge on any atom is -0.483 e. The maximum absolute atomic E-state index is 12.3. The summed E-state index contributed by atoms with van der Waals surface area (Å²) in [4.78, 5) is 24.3. The number of amides is 1. The molecule has 5 nitrogen and oxygen atoms in total. The van der Waals surface area contributed by atoms with Gasteiger partial charge in [0.2, 0.25) is 0 Å². The van der Waals surface area contributed by atoms with Gasteiger partial charge in [0, 0.05) is 5.69 Å². The molecule has 28 heavy (non-hydrogen) atoms. The third-order valence-electron chi connectivity index (χ3n) is 4.12. The Labute approximate surface area is 167 Å². The van der Waals surface area contributed by atoms with Crippen LogP contribution in [0.3, 0.4) is 0 Å². The van der Waals surface area contributed by atoms with E-state index in [9.17, 15) is 9.59 Å². The van der Waals surface area contributed by atoms with E-state index in [0.29, 0.717) is 23.6 Å². The van der Waals surface area contributed by atoms with Gasteiger partial charge >= 0.3 is 5.97 Å². The number of ether oxygens (including phenoxy) is 2. The highest BCUT2D eigenvalue weighted by atomic mass is 16.5. The molecule has 1 amide bonds. The summed E-state index contributed by atoms with van der Waals surface area (Å²) < 4.78 is 10.9. The van der Waals surface area contributed by atoms with Crippen molar-refractivity contribution in [1.29, 1.82) is 0 Å². The molecule has 0 saturated carbocycles. The molecular weight excluding hydrogens is 354 g/mol. The van der Waals surface area contributed by atoms with Gasteiger partial charge in [-0.25, -0.2) is 4.79 Å². The number of aryl methyl sites for hydroxylation is 1. The summed E-state index contributed by atoms with van der Waals surface area (Å²) in [6.07, 6.45) is 0.759. The van der Waals surface area contributed by atoms with Gasteiger partial charge in [0.15, 0.2) is 6.61 Å². The Morgan fingerprint density at radius 3 is 2.50 bits per heavy atom. The van der Waals surface area contributed by atoms with Crippen LogP contribution in [-0.2, 0) is 14.9 Å². The van der Waals surface area contributed by atoms with Gasteiger partial charge in [0.05, 0.1) is 12.2 Å². The lowest BCUT2D eigenvalue weighted by atomic mass is 9.85. The van der Waals surface area contributed by atoms with Gasteiger partial charge in [-0.1, -0.05) is 51.5 Å². The molecule has 0 spiro atoms. The van der Waals surface area contributed by atoms with E-state index in [-0.39, 0.29) is 17.9 Å². The second kappa shape index (κ2) is 9.40. The monoisotopic (exact) mass is 383 g/mol. The van der Waals surface area contributed by atoms with E-state index in [1.165, 1.54) is 0 Å². The third kappa shape index (κ3) is 6.12. The van der Waals surface area contributed by atoms with Crippen molar-refractivity contribution in [3.05, 3.63) is 59.2 Å². The molecule has 2 rings (SSSR count). The molecule has 0 aliphatic rings. The average Bonchev–Trinajstić information content (AvgIpc) is 2.64. The maximum Gasteiger partial charge on any atom is 0.338 e. The van der Waals surface area contributed by atoms with Crippen LogP contribution < -0.4 is 10.1 Å². The molecule has 0 aromatic heterocycles. The van der Waals surface area contributed by atoms with Crippen LogP contribution in [0.5, 0.6) is 5.75 Å². The molecule has 1 N–H and O–H groups in total. The van der Waals surface area contributed by atoms with E-state index in [2.05, 4.69) is 32.2 Å². The lowest BCUT2D eigenvalue weighted by Crippen LogP contribution is -2.22. The molecular formula is C23H29NO4. The number of esters is 1. The summed E-state index contributed by atoms with van der Waals surface area (Å²) in [5.74, 6) is 0.00771. The number of benzene rings is 2. The summed E-state index contributed by atoms with van der Waals surface area (Å²) in [5, 5.41) is 2.76. The van der Waals surface area contributed by atoms with Crippen LogP contribution in [0, 0.1) is 6.92 Å². The Hall–Kier alpha value is -2.82. The Balaban J connectivity index is 2.01. The van der Waals surface area contributed by atoms with Gasteiger partial charge in [-0.3, -0.25) is 4.79 Å². The van der Waals surface area contributed by atoms with Crippen molar-refractivity contribution in [2.45, 2.75) is 46.5 Å². The number of anilines is 1. The molecule has 0 heterocycles. The summed E-state index contributed by atoms with van der Waals surface area (Å²) in [6, 6.07) is 12.6. The molecule has 0 radical (unpaired) electrons. The Morgan fingerprint density at radius 2 is 1.82 bits per heavy atom. The quantitative estimate of drug-likeness (QED) is 0.692. The fraction of sp³-hybridized carbons (Fsp3) is 0.391. The summed E-state index contributed by atoms with van der Waals surface area (Å²) >= 11 is 0. The second-order valence-electron chi connectivity index (χ2n) is 7.80. The highest BCUT2D eigenvalue weighted by molar-refractivity contribution is 5.95. The SMILES string of the molecule is CCCOC(=O)c1cccc(NC(=O)COc2ccc(C)cc2C(C)(C)C)c1. The number of hydrogen-bond donors (Lipinski definition) is 1. The minimum atomic E-state index is -0.399. The van der Waals surface area contributed by atoms with Crippen molar-refractivity contribution >= 4 is 17.6 Å². The molecule has 0 saturated heterocycles. The first-order chi connectivity index (χ1) is 13.2. The van der Waals surface area contributed by atoms with Gasteiger partial charge in [0.25, 0.3) is 5.91 Å². The van der Waals surface area contributed by atoms with Gasteiger partial charge in [-0.2, -0.15) is 0 Å². The summed E-state index contributed by atoms with van der Waals surface area (Å²) in [5.41, 5.74) is 3.04. The average molecular weight is 383 g/mol. The molecule has 0 bridgehead atoms. The van der Waals surface area contributed by atoms with E-state index < -0.39 is 5.97 Å². The van der Waals surface area contributed by atoms with E-state index in [1.54, 1.807) is 24.3 Å². The van der Waals surface area contributed by atoms with Gasteiger partial charge in [-0.15, -0.1) is 0 Å². The normalized spacial score (nSPS) is 11.0. The van der Waals surface area contributed by atoms with Crippen molar-refractivity contribution in [3.8, 4) is 5.75 Å². The predicted octanol–water partition coefficient (Wildman–Crippen LogP) is 4.88. The van der Waals surface area contributed by atoms with Crippen LogP contribution in [0.2, 0.25) is 0 Å². The molecule has 0 atom stereocenters. The van der Waals surface area contributed by atoms with Crippen LogP contribution in [0.1, 0.15) is 55.6 Å². The topological polar surface area (TPSA) is 64.6 Å². The second-order valence-corrected chi connectivity index (χ2v) is 7.80. The number of hydrogen-bond acceptors (Lipinski definition) is 4. The fourth-order valence-corrected chi connectivity index (χ4v) is 2.70. The summed E-state index contributed by atoms with van der Waals surface area (Å²) in [6.45, 7) is 10.5. The third-order valence-corrected chi connectivity index (χ3v) is 4.12. The number of nitrogens with one attached hydrogen (secondary N) is 1. The van der Waals surface area contributed by atoms with Crippen molar-refractivity contribution in [2.75, 3.05) is 18.5 Å². The number of carbonyl (C=O) groups excluding carboxylic acids is 2. The Bertz CT molecular complexity index is 837. The fourth-order valence-electron chi connectivity index (χ4n) is 2.70. The van der Waals surface area contributed by atoms with Crippen LogP contribution in [-0.4, -0.2) is 25.1 Å². The highest BCUT2D eigenvalue weighted by Gasteiger charge is 2.19. The van der Waals surface area contributed by atoms with Crippen molar-refractivity contribution in [3.63, 3.8) is 0 Å². The zero-order chi connectivity index (χ0) is 20.7. The first kappa shape index (κ1) is 21.5. The smallest absolute Gasteiger partial charge is 0.338 e. The van der Waals surface area contributed by atoms with Crippen LogP contribution in [0.15, 0.2) is 42.5 Å². The molecule has 5 heteroatoms. The van der Waals surface area contributed by atoms with Gasteiger partial charge < -0.3 is 14.8 Å². The van der Waals surface area contributed by atoms with E-state index in [1.807, 2.05) is 26.0 Å².